The molecule has 0 amide bonds. The van der Waals surface area contributed by atoms with Crippen molar-refractivity contribution in [2.75, 3.05) is 38.8 Å². The lowest BCUT2D eigenvalue weighted by atomic mass is 10.4. The van der Waals surface area contributed by atoms with Gasteiger partial charge in [-0.05, 0) is 19.8 Å². The van der Waals surface area contributed by atoms with Crippen LogP contribution in [0.2, 0.25) is 0 Å². The fourth-order valence-corrected chi connectivity index (χ4v) is 1.57. The van der Waals surface area contributed by atoms with E-state index in [4.69, 9.17) is 14.2 Å². The Bertz CT molecular complexity index is 375. The Morgan fingerprint density at radius 1 is 1.20 bits per heavy atom. The quantitative estimate of drug-likeness (QED) is 0.628. The Hall–Kier alpha value is -1.40. The molecule has 20 heavy (non-hydrogen) atoms. The van der Waals surface area contributed by atoms with Crippen LogP contribution in [0.1, 0.15) is 32.5 Å². The van der Waals surface area contributed by atoms with Crippen molar-refractivity contribution in [2.45, 2.75) is 33.3 Å². The van der Waals surface area contributed by atoms with Gasteiger partial charge in [0.1, 0.15) is 12.4 Å². The first-order valence-corrected chi connectivity index (χ1v) is 7.11. The van der Waals surface area contributed by atoms with Crippen molar-refractivity contribution < 1.29 is 14.2 Å². The number of anilines is 1. The molecule has 0 aliphatic carbocycles. The highest BCUT2D eigenvalue weighted by molar-refractivity contribution is 5.38. The van der Waals surface area contributed by atoms with Gasteiger partial charge in [-0.3, -0.25) is 0 Å². The van der Waals surface area contributed by atoms with Gasteiger partial charge in [-0.15, -0.1) is 0 Å². The second-order valence-corrected chi connectivity index (χ2v) is 4.27. The molecule has 0 bridgehead atoms. The molecule has 1 aromatic rings. The molecule has 0 atom stereocenters. The number of aromatic nitrogens is 2. The number of nitrogens with one attached hydrogen (secondary N) is 1. The molecule has 0 aromatic carbocycles. The fraction of sp³-hybridized carbons (Fsp3) is 0.714. The maximum Gasteiger partial charge on any atom is 0.218 e. The van der Waals surface area contributed by atoms with E-state index in [0.29, 0.717) is 24.9 Å². The molecule has 0 radical (unpaired) electrons. The maximum atomic E-state index is 5.56. The molecule has 6 heteroatoms. The average Bonchev–Trinajstić information content (AvgIpc) is 2.45. The summed E-state index contributed by atoms with van der Waals surface area (Å²) in [5.74, 6) is 1.96. The Morgan fingerprint density at radius 2 is 2.05 bits per heavy atom. The Labute approximate surface area is 120 Å². The van der Waals surface area contributed by atoms with E-state index in [1.807, 2.05) is 13.0 Å². The zero-order valence-corrected chi connectivity index (χ0v) is 12.6. The highest BCUT2D eigenvalue weighted by Crippen LogP contribution is 2.14. The summed E-state index contributed by atoms with van der Waals surface area (Å²) in [6.07, 6.45) is 1.88. The predicted octanol–water partition coefficient (Wildman–Crippen LogP) is 2.25. The standard InChI is InChI=1S/C14H25N3O3/c1-4-8-20-14-10-12(15-7-6-9-19-5-2)16-13(17-14)11-18-3/h10H,4-9,11H2,1-3H3,(H,15,16,17). The summed E-state index contributed by atoms with van der Waals surface area (Å²) < 4.78 is 15.9. The van der Waals surface area contributed by atoms with Crippen molar-refractivity contribution in [1.29, 1.82) is 0 Å². The average molecular weight is 283 g/mol. The van der Waals surface area contributed by atoms with Crippen LogP contribution in [0.3, 0.4) is 0 Å². The molecule has 1 aromatic heterocycles. The van der Waals surface area contributed by atoms with Crippen molar-refractivity contribution >= 4 is 5.82 Å². The Kier molecular flexibility index (Phi) is 8.66. The number of ether oxygens (including phenoxy) is 3. The van der Waals surface area contributed by atoms with Crippen molar-refractivity contribution in [1.82, 2.24) is 9.97 Å². The maximum absolute atomic E-state index is 5.56. The van der Waals surface area contributed by atoms with E-state index in [-0.39, 0.29) is 0 Å². The van der Waals surface area contributed by atoms with Gasteiger partial charge in [-0.2, -0.15) is 4.98 Å². The smallest absolute Gasteiger partial charge is 0.218 e. The molecular weight excluding hydrogens is 258 g/mol. The van der Waals surface area contributed by atoms with Crippen molar-refractivity contribution in [3.8, 4) is 5.88 Å². The summed E-state index contributed by atoms with van der Waals surface area (Å²) in [4.78, 5) is 8.68. The van der Waals surface area contributed by atoms with Gasteiger partial charge in [0.15, 0.2) is 5.82 Å². The molecule has 0 aliphatic heterocycles. The SMILES string of the molecule is CCCOc1cc(NCCCOCC)nc(COC)n1. The number of hydrogen-bond donors (Lipinski definition) is 1. The molecular formula is C14H25N3O3. The zero-order chi connectivity index (χ0) is 14.6. The van der Waals surface area contributed by atoms with Crippen LogP contribution in [0.25, 0.3) is 0 Å². The van der Waals surface area contributed by atoms with Crippen LogP contribution in [-0.4, -0.2) is 43.4 Å². The second-order valence-electron chi connectivity index (χ2n) is 4.27. The van der Waals surface area contributed by atoms with Crippen LogP contribution in [0, 0.1) is 0 Å². The topological polar surface area (TPSA) is 65.5 Å². The van der Waals surface area contributed by atoms with Gasteiger partial charge in [0.05, 0.1) is 6.61 Å². The number of rotatable bonds is 11. The molecule has 0 aliphatic rings. The van der Waals surface area contributed by atoms with Gasteiger partial charge in [-0.1, -0.05) is 6.92 Å². The van der Waals surface area contributed by atoms with E-state index in [0.717, 1.165) is 38.4 Å². The fourth-order valence-electron chi connectivity index (χ4n) is 1.57. The van der Waals surface area contributed by atoms with E-state index in [9.17, 15) is 0 Å². The van der Waals surface area contributed by atoms with Crippen LogP contribution in [0.4, 0.5) is 5.82 Å². The van der Waals surface area contributed by atoms with E-state index in [2.05, 4.69) is 22.2 Å². The first-order chi connectivity index (χ1) is 9.80. The minimum Gasteiger partial charge on any atom is -0.478 e. The number of nitrogens with zero attached hydrogens (tertiary/aromatic N) is 2. The summed E-state index contributed by atoms with van der Waals surface area (Å²) in [6.45, 7) is 7.37. The van der Waals surface area contributed by atoms with E-state index in [1.165, 1.54) is 0 Å². The molecule has 1 rings (SSSR count). The number of methoxy groups -OCH3 is 1. The van der Waals surface area contributed by atoms with Crippen molar-refractivity contribution in [3.05, 3.63) is 11.9 Å². The lowest BCUT2D eigenvalue weighted by Crippen LogP contribution is -2.10. The normalized spacial score (nSPS) is 10.6. The third-order valence-electron chi connectivity index (χ3n) is 2.45. The zero-order valence-electron chi connectivity index (χ0n) is 12.6. The summed E-state index contributed by atoms with van der Waals surface area (Å²) in [5, 5.41) is 3.25. The molecule has 0 saturated carbocycles. The van der Waals surface area contributed by atoms with Gasteiger partial charge in [0, 0.05) is 32.9 Å². The summed E-state index contributed by atoms with van der Waals surface area (Å²) in [7, 11) is 1.62. The van der Waals surface area contributed by atoms with Gasteiger partial charge >= 0.3 is 0 Å². The molecule has 114 valence electrons. The van der Waals surface area contributed by atoms with Gasteiger partial charge in [-0.25, -0.2) is 4.98 Å². The van der Waals surface area contributed by atoms with Crippen molar-refractivity contribution in [3.63, 3.8) is 0 Å². The van der Waals surface area contributed by atoms with Crippen LogP contribution in [0.5, 0.6) is 5.88 Å². The minimum absolute atomic E-state index is 0.372. The minimum atomic E-state index is 0.372. The summed E-state index contributed by atoms with van der Waals surface area (Å²) >= 11 is 0. The van der Waals surface area contributed by atoms with E-state index in [1.54, 1.807) is 7.11 Å². The monoisotopic (exact) mass is 283 g/mol. The first kappa shape index (κ1) is 16.7. The Morgan fingerprint density at radius 3 is 2.75 bits per heavy atom. The van der Waals surface area contributed by atoms with Crippen molar-refractivity contribution in [2.24, 2.45) is 0 Å². The first-order valence-electron chi connectivity index (χ1n) is 7.11. The molecule has 0 unspecified atom stereocenters. The largest absolute Gasteiger partial charge is 0.478 e. The highest BCUT2D eigenvalue weighted by atomic mass is 16.5. The van der Waals surface area contributed by atoms with E-state index < -0.39 is 0 Å². The lowest BCUT2D eigenvalue weighted by molar-refractivity contribution is 0.147. The predicted molar refractivity (Wildman–Crippen MR) is 78.1 cm³/mol. The lowest BCUT2D eigenvalue weighted by Gasteiger charge is -2.10. The third kappa shape index (κ3) is 6.68. The van der Waals surface area contributed by atoms with E-state index >= 15 is 0 Å². The van der Waals surface area contributed by atoms with Crippen LogP contribution in [0.15, 0.2) is 6.07 Å². The van der Waals surface area contributed by atoms with Crippen LogP contribution < -0.4 is 10.1 Å². The summed E-state index contributed by atoms with van der Waals surface area (Å²) in [5.41, 5.74) is 0. The summed E-state index contributed by atoms with van der Waals surface area (Å²) in [6, 6.07) is 1.81. The molecule has 1 N–H and O–H groups in total. The van der Waals surface area contributed by atoms with Gasteiger partial charge < -0.3 is 19.5 Å². The van der Waals surface area contributed by atoms with Crippen LogP contribution in [-0.2, 0) is 16.1 Å². The highest BCUT2D eigenvalue weighted by Gasteiger charge is 2.05. The second kappa shape index (κ2) is 10.4. The third-order valence-corrected chi connectivity index (χ3v) is 2.45. The molecule has 0 spiro atoms. The van der Waals surface area contributed by atoms with Gasteiger partial charge in [0.2, 0.25) is 5.88 Å². The van der Waals surface area contributed by atoms with Gasteiger partial charge in [0.25, 0.3) is 0 Å². The van der Waals surface area contributed by atoms with Crippen LogP contribution >= 0.6 is 0 Å². The number of hydrogen-bond acceptors (Lipinski definition) is 6. The molecule has 0 saturated heterocycles. The molecule has 6 nitrogen and oxygen atoms in total. The molecule has 0 fully saturated rings. The Balaban J connectivity index is 2.55. The molecule has 1 heterocycles.